The van der Waals surface area contributed by atoms with Gasteiger partial charge in [0.2, 0.25) is 5.91 Å². The van der Waals surface area contributed by atoms with E-state index in [9.17, 15) is 4.79 Å². The molecular formula is C16H26N2O3. The van der Waals surface area contributed by atoms with E-state index in [0.717, 1.165) is 12.1 Å². The number of hydrogen-bond acceptors (Lipinski definition) is 4. The van der Waals surface area contributed by atoms with Crippen molar-refractivity contribution in [3.63, 3.8) is 0 Å². The molecule has 1 aromatic carbocycles. The van der Waals surface area contributed by atoms with Crippen molar-refractivity contribution in [1.82, 2.24) is 10.2 Å². The number of benzene rings is 1. The van der Waals surface area contributed by atoms with Gasteiger partial charge in [0.1, 0.15) is 0 Å². The van der Waals surface area contributed by atoms with Gasteiger partial charge in [-0.3, -0.25) is 4.79 Å². The average molecular weight is 294 g/mol. The summed E-state index contributed by atoms with van der Waals surface area (Å²) >= 11 is 0. The lowest BCUT2D eigenvalue weighted by atomic mass is 10.1. The van der Waals surface area contributed by atoms with Crippen LogP contribution in [0.3, 0.4) is 0 Å². The number of nitrogens with one attached hydrogen (secondary N) is 1. The van der Waals surface area contributed by atoms with Crippen LogP contribution in [-0.4, -0.2) is 45.2 Å². The number of nitrogens with zero attached hydrogens (tertiary/aromatic N) is 1. The Hall–Kier alpha value is -1.75. The van der Waals surface area contributed by atoms with E-state index < -0.39 is 0 Å². The lowest BCUT2D eigenvalue weighted by Gasteiger charge is -2.16. The Kier molecular flexibility index (Phi) is 7.02. The molecule has 1 rings (SSSR count). The average Bonchev–Trinajstić information content (AvgIpc) is 2.47. The van der Waals surface area contributed by atoms with Gasteiger partial charge in [-0.15, -0.1) is 0 Å². The third-order valence-corrected chi connectivity index (χ3v) is 3.27. The second-order valence-electron chi connectivity index (χ2n) is 5.08. The van der Waals surface area contributed by atoms with Crippen molar-refractivity contribution in [3.05, 3.63) is 23.8 Å². The van der Waals surface area contributed by atoms with Gasteiger partial charge in [0.25, 0.3) is 0 Å². The highest BCUT2D eigenvalue weighted by Crippen LogP contribution is 2.30. The first-order valence-corrected chi connectivity index (χ1v) is 7.23. The highest BCUT2D eigenvalue weighted by molar-refractivity contribution is 5.75. The zero-order chi connectivity index (χ0) is 15.8. The number of carbonyl (C=O) groups is 1. The van der Waals surface area contributed by atoms with Crippen molar-refractivity contribution >= 4 is 5.91 Å². The van der Waals surface area contributed by atoms with Crippen molar-refractivity contribution in [2.75, 3.05) is 34.4 Å². The molecule has 0 heterocycles. The third-order valence-electron chi connectivity index (χ3n) is 3.27. The minimum absolute atomic E-state index is 0.0476. The van der Waals surface area contributed by atoms with Crippen LogP contribution in [0.4, 0.5) is 0 Å². The van der Waals surface area contributed by atoms with Gasteiger partial charge >= 0.3 is 0 Å². The summed E-state index contributed by atoms with van der Waals surface area (Å²) in [5, 5.41) is 3.36. The molecule has 118 valence electrons. The second kappa shape index (κ2) is 8.52. The molecule has 0 aliphatic carbocycles. The molecule has 0 saturated carbocycles. The molecule has 1 unspecified atom stereocenters. The van der Waals surface area contributed by atoms with Gasteiger partial charge in [0, 0.05) is 20.1 Å². The van der Waals surface area contributed by atoms with E-state index in [0.29, 0.717) is 24.5 Å². The fourth-order valence-electron chi connectivity index (χ4n) is 1.97. The van der Waals surface area contributed by atoms with Crippen LogP contribution in [-0.2, 0) is 4.79 Å². The highest BCUT2D eigenvalue weighted by Gasteiger charge is 2.11. The summed E-state index contributed by atoms with van der Waals surface area (Å²) in [6.45, 7) is 5.44. The van der Waals surface area contributed by atoms with E-state index in [2.05, 4.69) is 19.2 Å². The Bertz CT molecular complexity index is 461. The highest BCUT2D eigenvalue weighted by atomic mass is 16.5. The fraction of sp³-hybridized carbons (Fsp3) is 0.562. The van der Waals surface area contributed by atoms with Gasteiger partial charge in [-0.25, -0.2) is 0 Å². The molecule has 0 fully saturated rings. The summed E-state index contributed by atoms with van der Waals surface area (Å²) in [5.74, 6) is 1.40. The van der Waals surface area contributed by atoms with Crippen LogP contribution in [0.5, 0.6) is 11.5 Å². The molecule has 1 amide bonds. The standard InChI is InChI=1S/C16H26N2O3/c1-6-17-12(2)13-7-8-14(15(11-13)20-5)21-10-9-16(19)18(3)4/h7-8,11-12,17H,6,9-10H2,1-5H3. The van der Waals surface area contributed by atoms with E-state index in [-0.39, 0.29) is 11.9 Å². The number of carbonyl (C=O) groups excluding carboxylic acids is 1. The maximum Gasteiger partial charge on any atom is 0.225 e. The van der Waals surface area contributed by atoms with Crippen LogP contribution in [0.25, 0.3) is 0 Å². The zero-order valence-electron chi connectivity index (χ0n) is 13.6. The Labute approximate surface area is 127 Å². The van der Waals surface area contributed by atoms with Crippen LogP contribution >= 0.6 is 0 Å². The van der Waals surface area contributed by atoms with E-state index in [1.807, 2.05) is 18.2 Å². The third kappa shape index (κ3) is 5.27. The Morgan fingerprint density at radius 3 is 2.62 bits per heavy atom. The number of methoxy groups -OCH3 is 1. The molecule has 5 heteroatoms. The number of rotatable bonds is 8. The normalized spacial score (nSPS) is 11.9. The number of amides is 1. The fourth-order valence-corrected chi connectivity index (χ4v) is 1.97. The minimum atomic E-state index is 0.0476. The maximum atomic E-state index is 11.5. The van der Waals surface area contributed by atoms with E-state index in [4.69, 9.17) is 9.47 Å². The van der Waals surface area contributed by atoms with E-state index in [1.54, 1.807) is 26.1 Å². The minimum Gasteiger partial charge on any atom is -0.493 e. The molecule has 1 N–H and O–H groups in total. The number of ether oxygens (including phenoxy) is 2. The summed E-state index contributed by atoms with van der Waals surface area (Å²) in [7, 11) is 5.09. The van der Waals surface area contributed by atoms with E-state index in [1.165, 1.54) is 0 Å². The summed E-state index contributed by atoms with van der Waals surface area (Å²) < 4.78 is 11.0. The summed E-state index contributed by atoms with van der Waals surface area (Å²) in [6.07, 6.45) is 0.353. The van der Waals surface area contributed by atoms with Gasteiger partial charge in [-0.2, -0.15) is 0 Å². The van der Waals surface area contributed by atoms with Crippen LogP contribution in [0, 0.1) is 0 Å². The molecule has 0 radical (unpaired) electrons. The SMILES string of the molecule is CCNC(C)c1ccc(OCCC(=O)N(C)C)c(OC)c1. The van der Waals surface area contributed by atoms with E-state index >= 15 is 0 Å². The summed E-state index contributed by atoms with van der Waals surface area (Å²) in [5.41, 5.74) is 1.14. The van der Waals surface area contributed by atoms with Crippen molar-refractivity contribution < 1.29 is 14.3 Å². The van der Waals surface area contributed by atoms with Gasteiger partial charge < -0.3 is 19.7 Å². The van der Waals surface area contributed by atoms with Crippen LogP contribution in [0.2, 0.25) is 0 Å². The molecule has 0 aliphatic rings. The molecule has 0 bridgehead atoms. The van der Waals surface area contributed by atoms with Crippen LogP contribution < -0.4 is 14.8 Å². The predicted molar refractivity (Wildman–Crippen MR) is 83.9 cm³/mol. The Morgan fingerprint density at radius 1 is 1.33 bits per heavy atom. The molecule has 0 saturated heterocycles. The van der Waals surface area contributed by atoms with Gasteiger partial charge in [-0.05, 0) is 31.2 Å². The topological polar surface area (TPSA) is 50.8 Å². The van der Waals surface area contributed by atoms with Crippen molar-refractivity contribution in [3.8, 4) is 11.5 Å². The lowest BCUT2D eigenvalue weighted by Crippen LogP contribution is -2.23. The first-order chi connectivity index (χ1) is 9.99. The zero-order valence-corrected chi connectivity index (χ0v) is 13.6. The second-order valence-corrected chi connectivity index (χ2v) is 5.08. The molecule has 1 atom stereocenters. The molecule has 5 nitrogen and oxygen atoms in total. The van der Waals surface area contributed by atoms with Gasteiger partial charge in [0.15, 0.2) is 11.5 Å². The molecule has 0 aliphatic heterocycles. The molecule has 1 aromatic rings. The van der Waals surface area contributed by atoms with Crippen molar-refractivity contribution in [2.45, 2.75) is 26.3 Å². The summed E-state index contributed by atoms with van der Waals surface area (Å²) in [4.78, 5) is 13.1. The summed E-state index contributed by atoms with van der Waals surface area (Å²) in [6, 6.07) is 6.13. The first-order valence-electron chi connectivity index (χ1n) is 7.23. The predicted octanol–water partition coefficient (Wildman–Crippen LogP) is 2.22. The van der Waals surface area contributed by atoms with Gasteiger partial charge in [0.05, 0.1) is 20.1 Å². The molecule has 21 heavy (non-hydrogen) atoms. The lowest BCUT2D eigenvalue weighted by molar-refractivity contribution is -0.129. The van der Waals surface area contributed by atoms with Crippen molar-refractivity contribution in [1.29, 1.82) is 0 Å². The monoisotopic (exact) mass is 294 g/mol. The van der Waals surface area contributed by atoms with Crippen LogP contribution in [0.1, 0.15) is 31.9 Å². The molecule has 0 spiro atoms. The Morgan fingerprint density at radius 2 is 2.05 bits per heavy atom. The van der Waals surface area contributed by atoms with Crippen molar-refractivity contribution in [2.24, 2.45) is 0 Å². The first kappa shape index (κ1) is 17.3. The van der Waals surface area contributed by atoms with Gasteiger partial charge in [-0.1, -0.05) is 13.0 Å². The molecular weight excluding hydrogens is 268 g/mol. The quantitative estimate of drug-likeness (QED) is 0.799. The largest absolute Gasteiger partial charge is 0.493 e. The Balaban J connectivity index is 2.68. The smallest absolute Gasteiger partial charge is 0.225 e. The maximum absolute atomic E-state index is 11.5. The number of hydrogen-bond donors (Lipinski definition) is 1. The molecule has 0 aromatic heterocycles. The van der Waals surface area contributed by atoms with Crippen LogP contribution in [0.15, 0.2) is 18.2 Å².